The Bertz CT molecular complexity index is 2790. The maximum atomic E-state index is 14.3. The summed E-state index contributed by atoms with van der Waals surface area (Å²) in [6, 6.07) is 4.75. The van der Waals surface area contributed by atoms with Gasteiger partial charge in [-0.1, -0.05) is 12.8 Å². The third-order valence-electron chi connectivity index (χ3n) is 14.8. The van der Waals surface area contributed by atoms with Crippen molar-refractivity contribution in [1.29, 1.82) is 0 Å². The fourth-order valence-corrected chi connectivity index (χ4v) is 11.2. The van der Waals surface area contributed by atoms with E-state index in [9.17, 15) is 41.8 Å². The van der Waals surface area contributed by atoms with E-state index in [-0.39, 0.29) is 120 Å². The molecule has 70 heavy (non-hydrogen) atoms. The number of hydrogen-bond donors (Lipinski definition) is 1. The normalized spacial score (nSPS) is 25.0. The first kappa shape index (κ1) is 55.5. The second-order valence-corrected chi connectivity index (χ2v) is 18.6. The molecule has 4 aliphatic heterocycles. The van der Waals surface area contributed by atoms with E-state index in [1.54, 1.807) is 4.57 Å². The predicted octanol–water partition coefficient (Wildman–Crippen LogP) is 1.02. The fraction of sp³-hybridized carbons (Fsp3) is 0.510. The number of aromatic hydroxyl groups is 1. The molecule has 2 aliphatic carbocycles. The fourth-order valence-electron chi connectivity index (χ4n) is 11.2. The number of ether oxygens (including phenoxy) is 5. The molecular weight excluding hydrogens is 1060 g/mol. The minimum Gasteiger partial charge on any atom is -1.00 e. The zero-order chi connectivity index (χ0) is 47.7. The standard InChI is InChI=1S/C25H28F2N2O5.C24H26F2N2O5.2BrH.Mg/c1-14-12-34-25-9-5-4-6-20(25)28-10-17(22(30)23(32-3)19(28)11-29(14)25)24(31)33-13-16-7-8-18(26)15(2)21(16)27;1-13-11-33-24-8-4-3-5-19(24)27-9-16(21(29)22(30)18(27)10-28(13)24)23(31)32-12-15-6-7-17(25)14(2)20(15)26;;;/h7-8,10,14,20H,4-6,9,11-13H2,1-3H3;6-7,9,13,19,30H,3-5,8,10-12H2,1-2H3;2*1H;/q;;;;+2/p-2/t14-,20+,25+;13-,19+,24+;;;/m11.../s1. The summed E-state index contributed by atoms with van der Waals surface area (Å²) < 4.78 is 88.0. The van der Waals surface area contributed by atoms with Crippen LogP contribution in [0.3, 0.4) is 0 Å². The summed E-state index contributed by atoms with van der Waals surface area (Å²) in [4.78, 5) is 56.3. The molecule has 10 rings (SSSR count). The van der Waals surface area contributed by atoms with Gasteiger partial charge in [-0.15, -0.1) is 0 Å². The first-order valence-electron chi connectivity index (χ1n) is 22.8. The van der Waals surface area contributed by atoms with Crippen molar-refractivity contribution in [3.63, 3.8) is 0 Å². The summed E-state index contributed by atoms with van der Waals surface area (Å²) in [6.45, 7) is 7.88. The molecule has 1 N–H and O–H groups in total. The van der Waals surface area contributed by atoms with Crippen LogP contribution in [0.2, 0.25) is 0 Å². The summed E-state index contributed by atoms with van der Waals surface area (Å²) in [5, 5.41) is 10.8. The number of aromatic nitrogens is 2. The molecule has 2 spiro atoms. The number of carbonyl (C=O) groups is 2. The molecule has 6 aliphatic rings. The van der Waals surface area contributed by atoms with Gasteiger partial charge in [0.2, 0.25) is 10.9 Å². The molecule has 2 aromatic carbocycles. The topological polar surface area (TPSA) is 151 Å². The van der Waals surface area contributed by atoms with Crippen LogP contribution in [0, 0.1) is 37.1 Å². The van der Waals surface area contributed by atoms with Crippen LogP contribution in [0.1, 0.15) is 132 Å². The van der Waals surface area contributed by atoms with E-state index < -0.39 is 76.5 Å². The summed E-state index contributed by atoms with van der Waals surface area (Å²) in [5.74, 6) is -5.17. The van der Waals surface area contributed by atoms with Crippen molar-refractivity contribution in [2.75, 3.05) is 20.3 Å². The maximum Gasteiger partial charge on any atom is 2.00 e. The number of esters is 2. The minimum absolute atomic E-state index is 0. The zero-order valence-electron chi connectivity index (χ0n) is 39.6. The van der Waals surface area contributed by atoms with Gasteiger partial charge >= 0.3 is 35.0 Å². The molecule has 374 valence electrons. The number of methoxy groups -OCH3 is 1. The Morgan fingerprint density at radius 3 is 1.59 bits per heavy atom. The Morgan fingerprint density at radius 2 is 1.13 bits per heavy atom. The van der Waals surface area contributed by atoms with Crippen molar-refractivity contribution in [2.24, 2.45) is 0 Å². The molecule has 0 unspecified atom stereocenters. The number of rotatable bonds is 7. The molecule has 2 saturated carbocycles. The molecular formula is C49H54Br2F4MgN4O10. The van der Waals surface area contributed by atoms with Gasteiger partial charge in [-0.3, -0.25) is 19.4 Å². The van der Waals surface area contributed by atoms with Crippen LogP contribution >= 0.6 is 0 Å². The Balaban J connectivity index is 0.000000220. The smallest absolute Gasteiger partial charge is 1.00 e. The van der Waals surface area contributed by atoms with E-state index in [2.05, 4.69) is 23.6 Å². The van der Waals surface area contributed by atoms with E-state index in [0.717, 1.165) is 63.5 Å². The largest absolute Gasteiger partial charge is 2.00 e. The van der Waals surface area contributed by atoms with E-state index in [1.807, 2.05) is 4.57 Å². The van der Waals surface area contributed by atoms with Crippen LogP contribution in [-0.4, -0.2) is 103 Å². The van der Waals surface area contributed by atoms with Crippen molar-refractivity contribution in [1.82, 2.24) is 18.9 Å². The van der Waals surface area contributed by atoms with Gasteiger partial charge in [0.05, 0.1) is 43.8 Å². The number of nitrogens with zero attached hydrogens (tertiary/aromatic N) is 4. The van der Waals surface area contributed by atoms with E-state index in [1.165, 1.54) is 45.5 Å². The molecule has 0 bridgehead atoms. The monoisotopic (exact) mass is 1120 g/mol. The molecule has 4 fully saturated rings. The SMILES string of the molecule is COc1c2n(cc(C(=O)OCc3ccc(F)c(C)c3F)c1=O)[C@H]1CCCC[C@]13OC[C@@H](C)N3C2.Cc1c(F)ccc(COC(=O)c2cn3c(c(O)c2=O)CN2[C@H](C)CO[C@]24CCCC[C@H]34)c1F.[Br-].[Br-].[Mg+2]. The molecule has 2 saturated heterocycles. The number of carbonyl (C=O) groups excluding carboxylic acids is 2. The second-order valence-electron chi connectivity index (χ2n) is 18.6. The van der Waals surface area contributed by atoms with Gasteiger partial charge in [0.15, 0.2) is 11.5 Å². The molecule has 6 heterocycles. The summed E-state index contributed by atoms with van der Waals surface area (Å²) in [6.07, 6.45) is 10.3. The molecule has 14 nitrogen and oxygen atoms in total. The molecule has 0 radical (unpaired) electrons. The molecule has 0 amide bonds. The number of hydrogen-bond acceptors (Lipinski definition) is 12. The van der Waals surface area contributed by atoms with Crippen LogP contribution in [-0.2, 0) is 45.3 Å². The first-order chi connectivity index (χ1) is 32.0. The van der Waals surface area contributed by atoms with Gasteiger partial charge in [-0.2, -0.15) is 0 Å². The van der Waals surface area contributed by atoms with Crippen molar-refractivity contribution in [3.8, 4) is 11.5 Å². The number of benzene rings is 2. The van der Waals surface area contributed by atoms with Crippen molar-refractivity contribution in [3.05, 3.63) is 125 Å². The van der Waals surface area contributed by atoms with E-state index in [0.29, 0.717) is 37.7 Å². The maximum absolute atomic E-state index is 14.3. The molecule has 4 aromatic rings. The summed E-state index contributed by atoms with van der Waals surface area (Å²) in [7, 11) is 1.41. The van der Waals surface area contributed by atoms with Crippen molar-refractivity contribution >= 4 is 35.0 Å². The second kappa shape index (κ2) is 21.7. The van der Waals surface area contributed by atoms with Gasteiger partial charge < -0.3 is 71.9 Å². The summed E-state index contributed by atoms with van der Waals surface area (Å²) >= 11 is 0. The van der Waals surface area contributed by atoms with Gasteiger partial charge in [0.1, 0.15) is 59.1 Å². The van der Waals surface area contributed by atoms with Gasteiger partial charge in [0, 0.05) is 59.8 Å². The van der Waals surface area contributed by atoms with Crippen LogP contribution < -0.4 is 49.6 Å². The number of fused-ring (bicyclic) bond motifs is 4. The Labute approximate surface area is 439 Å². The average molecular weight is 1120 g/mol. The third-order valence-corrected chi connectivity index (χ3v) is 14.8. The van der Waals surface area contributed by atoms with Crippen molar-refractivity contribution in [2.45, 2.75) is 141 Å². The number of halogens is 6. The zero-order valence-corrected chi connectivity index (χ0v) is 44.1. The van der Waals surface area contributed by atoms with Crippen molar-refractivity contribution < 1.29 is 89.9 Å². The van der Waals surface area contributed by atoms with Crippen LogP contribution in [0.5, 0.6) is 11.5 Å². The Hall–Kier alpha value is -3.83. The predicted molar refractivity (Wildman–Crippen MR) is 238 cm³/mol. The van der Waals surface area contributed by atoms with Crippen LogP contribution in [0.4, 0.5) is 17.6 Å². The average Bonchev–Trinajstić information content (AvgIpc) is 3.82. The minimum atomic E-state index is -0.972. The third kappa shape index (κ3) is 9.27. The molecule has 2 aromatic heterocycles. The molecule has 6 atom stereocenters. The van der Waals surface area contributed by atoms with Gasteiger partial charge in [-0.05, 0) is 90.5 Å². The van der Waals surface area contributed by atoms with Crippen LogP contribution in [0.25, 0.3) is 0 Å². The Kier molecular flexibility index (Phi) is 17.2. The molecule has 21 heteroatoms. The van der Waals surface area contributed by atoms with Crippen LogP contribution in [0.15, 0.2) is 46.2 Å². The first-order valence-corrected chi connectivity index (χ1v) is 22.8. The Morgan fingerprint density at radius 1 is 0.700 bits per heavy atom. The van der Waals surface area contributed by atoms with Gasteiger partial charge in [0.25, 0.3) is 0 Å². The van der Waals surface area contributed by atoms with Gasteiger partial charge in [-0.25, -0.2) is 27.2 Å². The van der Waals surface area contributed by atoms with E-state index in [4.69, 9.17) is 23.7 Å². The van der Waals surface area contributed by atoms with E-state index >= 15 is 0 Å². The summed E-state index contributed by atoms with van der Waals surface area (Å²) in [5.41, 5.74) is -2.01. The quantitative estimate of drug-likeness (QED) is 0.160. The number of pyridine rings is 2.